The first-order valence-corrected chi connectivity index (χ1v) is 10.8. The van der Waals surface area contributed by atoms with E-state index < -0.39 is 7.82 Å². The molecule has 0 saturated carbocycles. The minimum atomic E-state index is -4.63. The van der Waals surface area contributed by atoms with Crippen molar-refractivity contribution in [2.45, 2.75) is 52.9 Å². The second-order valence-corrected chi connectivity index (χ2v) is 7.97. The highest BCUT2D eigenvalue weighted by Gasteiger charge is 2.23. The van der Waals surface area contributed by atoms with Gasteiger partial charge in [-0.3, -0.25) is 9.79 Å². The summed E-state index contributed by atoms with van der Waals surface area (Å²) in [7, 11) is -4.63. The van der Waals surface area contributed by atoms with Crippen molar-refractivity contribution in [3.63, 3.8) is 0 Å². The van der Waals surface area contributed by atoms with Gasteiger partial charge in [0.05, 0.1) is 0 Å². The molecule has 0 spiro atoms. The number of phosphoric ester groups is 1. The minimum Gasteiger partial charge on any atom is -0.404 e. The van der Waals surface area contributed by atoms with Crippen LogP contribution in [0.3, 0.4) is 0 Å². The van der Waals surface area contributed by atoms with E-state index in [-0.39, 0.29) is 5.75 Å². The fraction of sp³-hybridized carbons (Fsp3) is 0.429. The molecule has 2 aromatic rings. The number of hydrogen-bond acceptors (Lipinski definition) is 2. The lowest BCUT2D eigenvalue weighted by Gasteiger charge is -2.22. The van der Waals surface area contributed by atoms with E-state index in [4.69, 9.17) is 4.52 Å². The third-order valence-corrected chi connectivity index (χ3v) is 5.26. The topological polar surface area (TPSA) is 66.8 Å². The molecular formula is C21H29O4P. The second kappa shape index (κ2) is 9.36. The van der Waals surface area contributed by atoms with Crippen molar-refractivity contribution in [2.24, 2.45) is 5.92 Å². The molecule has 4 nitrogen and oxygen atoms in total. The number of phosphoric acid groups is 1. The molecule has 0 amide bonds. The number of unbranched alkanes of at least 4 members (excludes halogenated alkanes) is 1. The monoisotopic (exact) mass is 376 g/mol. The third kappa shape index (κ3) is 5.70. The molecule has 0 radical (unpaired) electrons. The van der Waals surface area contributed by atoms with Crippen molar-refractivity contribution in [3.05, 3.63) is 53.6 Å². The molecule has 2 N–H and O–H groups in total. The second-order valence-electron chi connectivity index (χ2n) is 6.80. The fourth-order valence-corrected chi connectivity index (χ4v) is 3.76. The van der Waals surface area contributed by atoms with Gasteiger partial charge in [0.25, 0.3) is 0 Å². The number of aryl methyl sites for hydroxylation is 1. The van der Waals surface area contributed by atoms with Gasteiger partial charge in [-0.15, -0.1) is 0 Å². The van der Waals surface area contributed by atoms with Crippen molar-refractivity contribution >= 4 is 7.82 Å². The average molecular weight is 376 g/mol. The van der Waals surface area contributed by atoms with E-state index in [9.17, 15) is 14.4 Å². The largest absolute Gasteiger partial charge is 0.524 e. The Labute approximate surface area is 156 Å². The lowest BCUT2D eigenvalue weighted by atomic mass is 9.85. The van der Waals surface area contributed by atoms with Crippen LogP contribution in [0.15, 0.2) is 42.5 Å². The fourth-order valence-electron chi connectivity index (χ4n) is 3.35. The predicted octanol–water partition coefficient (Wildman–Crippen LogP) is 5.89. The Morgan fingerprint density at radius 1 is 1.08 bits per heavy atom. The van der Waals surface area contributed by atoms with Crippen LogP contribution >= 0.6 is 7.82 Å². The van der Waals surface area contributed by atoms with Gasteiger partial charge in [-0.1, -0.05) is 75.9 Å². The van der Waals surface area contributed by atoms with Crippen molar-refractivity contribution in [3.8, 4) is 16.9 Å². The molecule has 0 aliphatic rings. The summed E-state index contributed by atoms with van der Waals surface area (Å²) >= 11 is 0. The molecule has 2 aromatic carbocycles. The van der Waals surface area contributed by atoms with Crippen LogP contribution in [0.1, 0.15) is 50.7 Å². The molecule has 5 heteroatoms. The van der Waals surface area contributed by atoms with Crippen LogP contribution < -0.4 is 4.52 Å². The van der Waals surface area contributed by atoms with Gasteiger partial charge in [0.15, 0.2) is 0 Å². The van der Waals surface area contributed by atoms with Crippen molar-refractivity contribution in [2.75, 3.05) is 0 Å². The first-order valence-electron chi connectivity index (χ1n) is 9.28. The van der Waals surface area contributed by atoms with E-state index in [1.165, 1.54) is 12.8 Å². The van der Waals surface area contributed by atoms with E-state index >= 15 is 0 Å². The van der Waals surface area contributed by atoms with Gasteiger partial charge >= 0.3 is 7.82 Å². The first kappa shape index (κ1) is 20.7. The Balaban J connectivity index is 2.54. The summed E-state index contributed by atoms with van der Waals surface area (Å²) in [5, 5.41) is 0. The molecular weight excluding hydrogens is 347 g/mol. The van der Waals surface area contributed by atoms with Crippen molar-refractivity contribution < 1.29 is 18.9 Å². The maximum Gasteiger partial charge on any atom is 0.524 e. The summed E-state index contributed by atoms with van der Waals surface area (Å²) in [5.41, 5.74) is 3.95. The van der Waals surface area contributed by atoms with Gasteiger partial charge in [0, 0.05) is 5.56 Å². The Hall–Kier alpha value is -1.61. The van der Waals surface area contributed by atoms with Gasteiger partial charge in [-0.05, 0) is 42.0 Å². The van der Waals surface area contributed by atoms with Crippen LogP contribution in [-0.2, 0) is 11.0 Å². The lowest BCUT2D eigenvalue weighted by Crippen LogP contribution is -2.07. The Kier molecular flexibility index (Phi) is 7.45. The summed E-state index contributed by atoms with van der Waals surface area (Å²) < 4.78 is 16.5. The number of rotatable bonds is 9. The van der Waals surface area contributed by atoms with E-state index in [1.54, 1.807) is 6.07 Å². The number of benzene rings is 2. The van der Waals surface area contributed by atoms with Crippen LogP contribution in [0.5, 0.6) is 5.75 Å². The summed E-state index contributed by atoms with van der Waals surface area (Å²) in [6.45, 7) is 6.45. The normalized spacial score (nSPS) is 12.8. The summed E-state index contributed by atoms with van der Waals surface area (Å²) in [6.07, 6.45) is 5.48. The standard InChI is InChI=1S/C21H29O4P/c1-4-6-10-17(5-2)15-19-16(3)13-14-20(25-26(22,23)24)21(19)18-11-8-7-9-12-18/h7-9,11-14,17H,4-6,10,15H2,1-3H3,(H2,22,23,24). The molecule has 0 bridgehead atoms. The Morgan fingerprint density at radius 3 is 2.35 bits per heavy atom. The highest BCUT2D eigenvalue weighted by atomic mass is 31.2. The molecule has 1 unspecified atom stereocenters. The molecule has 0 saturated heterocycles. The maximum atomic E-state index is 11.5. The van der Waals surface area contributed by atoms with E-state index in [1.807, 2.05) is 36.4 Å². The number of hydrogen-bond donors (Lipinski definition) is 2. The summed E-state index contributed by atoms with van der Waals surface area (Å²) in [5.74, 6) is 0.789. The quantitative estimate of drug-likeness (QED) is 0.535. The molecule has 1 atom stereocenters. The zero-order valence-corrected chi connectivity index (χ0v) is 16.7. The van der Waals surface area contributed by atoms with Crippen LogP contribution in [-0.4, -0.2) is 9.79 Å². The average Bonchev–Trinajstić information content (AvgIpc) is 2.60. The van der Waals surface area contributed by atoms with Gasteiger partial charge < -0.3 is 4.52 Å². The lowest BCUT2D eigenvalue weighted by molar-refractivity contribution is 0.283. The highest BCUT2D eigenvalue weighted by Crippen LogP contribution is 2.45. The predicted molar refractivity (Wildman–Crippen MR) is 106 cm³/mol. The maximum absolute atomic E-state index is 11.5. The zero-order valence-electron chi connectivity index (χ0n) is 15.8. The van der Waals surface area contributed by atoms with Gasteiger partial charge in [0.1, 0.15) is 5.75 Å². The highest BCUT2D eigenvalue weighted by molar-refractivity contribution is 7.46. The summed E-state index contributed by atoms with van der Waals surface area (Å²) in [4.78, 5) is 18.7. The van der Waals surface area contributed by atoms with Crippen molar-refractivity contribution in [1.29, 1.82) is 0 Å². The summed E-state index contributed by atoms with van der Waals surface area (Å²) in [6, 6.07) is 13.2. The van der Waals surface area contributed by atoms with E-state index in [0.29, 0.717) is 5.92 Å². The molecule has 142 valence electrons. The van der Waals surface area contributed by atoms with Crippen molar-refractivity contribution in [1.82, 2.24) is 0 Å². The van der Waals surface area contributed by atoms with Crippen LogP contribution in [0.25, 0.3) is 11.1 Å². The molecule has 2 rings (SSSR count). The van der Waals surface area contributed by atoms with E-state index in [2.05, 4.69) is 20.8 Å². The molecule has 0 heterocycles. The molecule has 0 fully saturated rings. The minimum absolute atomic E-state index is 0.246. The van der Waals surface area contributed by atoms with Crippen LogP contribution in [0.2, 0.25) is 0 Å². The van der Waals surface area contributed by atoms with Crippen LogP contribution in [0.4, 0.5) is 0 Å². The SMILES string of the molecule is CCCCC(CC)Cc1c(C)ccc(OP(=O)(O)O)c1-c1ccccc1. The first-order chi connectivity index (χ1) is 12.4. The molecule has 26 heavy (non-hydrogen) atoms. The van der Waals surface area contributed by atoms with Gasteiger partial charge in [0.2, 0.25) is 0 Å². The molecule has 0 aromatic heterocycles. The third-order valence-electron chi connectivity index (χ3n) is 4.82. The zero-order chi connectivity index (χ0) is 19.2. The van der Waals surface area contributed by atoms with Gasteiger partial charge in [-0.2, -0.15) is 0 Å². The van der Waals surface area contributed by atoms with Gasteiger partial charge in [-0.25, -0.2) is 4.57 Å². The smallest absolute Gasteiger partial charge is 0.404 e. The molecule has 0 aliphatic heterocycles. The molecule has 0 aliphatic carbocycles. The Bertz CT molecular complexity index is 752. The Morgan fingerprint density at radius 2 is 1.77 bits per heavy atom. The van der Waals surface area contributed by atoms with Crippen LogP contribution in [0, 0.1) is 12.8 Å². The van der Waals surface area contributed by atoms with E-state index in [0.717, 1.165) is 41.5 Å².